The van der Waals surface area contributed by atoms with Crippen LogP contribution in [0, 0.1) is 5.92 Å². The third kappa shape index (κ3) is 9.28. The second-order valence-corrected chi connectivity index (χ2v) is 14.5. The fraction of sp³-hybridized carbons (Fsp3) is 0.395. The second-order valence-electron chi connectivity index (χ2n) is 14.5. The molecule has 55 heavy (non-hydrogen) atoms. The van der Waals surface area contributed by atoms with Gasteiger partial charge < -0.3 is 29.9 Å². The number of benzene rings is 4. The maximum absolute atomic E-state index is 13.1. The fourth-order valence-electron chi connectivity index (χ4n) is 7.47. The minimum atomic E-state index is -5.04. The Balaban J connectivity index is 1.19. The standard InChI is InChI=1S/C43H48F3N3O6/c1-27-37(25-48(3)28(2)38(51)31-10-5-4-6-11-31)54-41(55-39(27)32-17-15-29(26-50)16-18-32)33-21-19-30(20-22-33)35-13-8-7-12-34(35)24-47-40(52)36-14-9-23-49(36)42(53)43(44,45)46/h4-8,10-13,15-22,27-28,36-39,41,50-51H,9,14,23-26H2,1-3H3,(H,47,52)/t27-,28+,36+,37+,38+,39+,41+/m1/s1. The molecule has 2 saturated heterocycles. The summed E-state index contributed by atoms with van der Waals surface area (Å²) in [6.07, 6.45) is -6.57. The molecule has 2 heterocycles. The lowest BCUT2D eigenvalue weighted by atomic mass is 9.89. The summed E-state index contributed by atoms with van der Waals surface area (Å²) < 4.78 is 52.8. The minimum Gasteiger partial charge on any atom is -0.392 e. The molecule has 4 aromatic rings. The van der Waals surface area contributed by atoms with E-state index in [2.05, 4.69) is 17.1 Å². The molecule has 0 saturated carbocycles. The molecular formula is C43H48F3N3O6. The van der Waals surface area contributed by atoms with Gasteiger partial charge in [0.05, 0.1) is 24.9 Å². The molecule has 12 heteroatoms. The van der Waals surface area contributed by atoms with Crippen LogP contribution in [0.25, 0.3) is 11.1 Å². The van der Waals surface area contributed by atoms with Gasteiger partial charge in [0.25, 0.3) is 0 Å². The van der Waals surface area contributed by atoms with Crippen molar-refractivity contribution in [3.8, 4) is 11.1 Å². The van der Waals surface area contributed by atoms with E-state index >= 15 is 0 Å². The number of aliphatic hydroxyl groups is 2. The molecule has 7 atom stereocenters. The number of rotatable bonds is 12. The van der Waals surface area contributed by atoms with E-state index in [1.54, 1.807) is 0 Å². The molecule has 2 aliphatic heterocycles. The zero-order valence-corrected chi connectivity index (χ0v) is 31.2. The molecule has 2 amide bonds. The van der Waals surface area contributed by atoms with Crippen molar-refractivity contribution in [3.63, 3.8) is 0 Å². The van der Waals surface area contributed by atoms with Gasteiger partial charge in [-0.15, -0.1) is 0 Å². The SMILES string of the molecule is C[C@@H]1[C@H](CN(C)[C@@H](C)[C@H](O)c2ccccc2)O[C@H](c2ccc(-c3ccccc3CNC(=O)[C@@H]3CCCN3C(=O)C(F)(F)F)cc2)O[C@@H]1c1ccc(CO)cc1. The molecule has 0 aromatic heterocycles. The number of carbonyl (C=O) groups is 2. The molecule has 6 rings (SSSR count). The van der Waals surface area contributed by atoms with Crippen molar-refractivity contribution >= 4 is 11.8 Å². The molecule has 2 aliphatic rings. The van der Waals surface area contributed by atoms with Gasteiger partial charge in [-0.1, -0.05) is 110 Å². The largest absolute Gasteiger partial charge is 0.471 e. The summed E-state index contributed by atoms with van der Waals surface area (Å²) in [5.74, 6) is -2.68. The first-order valence-corrected chi connectivity index (χ1v) is 18.6. The molecule has 4 aromatic carbocycles. The van der Waals surface area contributed by atoms with E-state index in [4.69, 9.17) is 9.47 Å². The average molecular weight is 760 g/mol. The number of likely N-dealkylation sites (tertiary alicyclic amines) is 1. The summed E-state index contributed by atoms with van der Waals surface area (Å²) in [5, 5.41) is 23.6. The highest BCUT2D eigenvalue weighted by Crippen LogP contribution is 2.42. The topological polar surface area (TPSA) is 112 Å². The van der Waals surface area contributed by atoms with E-state index in [-0.39, 0.29) is 50.3 Å². The maximum Gasteiger partial charge on any atom is 0.471 e. The molecular weight excluding hydrogens is 711 g/mol. The summed E-state index contributed by atoms with van der Waals surface area (Å²) in [7, 11) is 1.98. The number of halogens is 3. The van der Waals surface area contributed by atoms with E-state index in [0.29, 0.717) is 17.9 Å². The molecule has 0 bridgehead atoms. The summed E-state index contributed by atoms with van der Waals surface area (Å²) in [4.78, 5) is 27.6. The van der Waals surface area contributed by atoms with Crippen molar-refractivity contribution in [1.29, 1.82) is 0 Å². The van der Waals surface area contributed by atoms with Crippen LogP contribution >= 0.6 is 0 Å². The van der Waals surface area contributed by atoms with Crippen LogP contribution < -0.4 is 5.32 Å². The highest BCUT2D eigenvalue weighted by Gasteiger charge is 2.47. The third-order valence-electron chi connectivity index (χ3n) is 10.9. The number of amides is 2. The lowest BCUT2D eigenvalue weighted by Gasteiger charge is -2.43. The monoisotopic (exact) mass is 759 g/mol. The van der Waals surface area contributed by atoms with Gasteiger partial charge >= 0.3 is 12.1 Å². The molecule has 2 fully saturated rings. The Morgan fingerprint density at radius 3 is 2.25 bits per heavy atom. The van der Waals surface area contributed by atoms with Gasteiger partial charge in [-0.2, -0.15) is 13.2 Å². The van der Waals surface area contributed by atoms with Crippen LogP contribution in [0.5, 0.6) is 0 Å². The molecule has 0 radical (unpaired) electrons. The van der Waals surface area contributed by atoms with Gasteiger partial charge in [0.15, 0.2) is 6.29 Å². The van der Waals surface area contributed by atoms with Gasteiger partial charge in [0.2, 0.25) is 5.91 Å². The van der Waals surface area contributed by atoms with Crippen molar-refractivity contribution < 1.29 is 42.4 Å². The van der Waals surface area contributed by atoms with Crippen LogP contribution in [0.4, 0.5) is 13.2 Å². The van der Waals surface area contributed by atoms with Crippen molar-refractivity contribution in [2.45, 2.75) is 82.7 Å². The fourth-order valence-corrected chi connectivity index (χ4v) is 7.47. The van der Waals surface area contributed by atoms with E-state index in [0.717, 1.165) is 38.9 Å². The number of alkyl halides is 3. The summed E-state index contributed by atoms with van der Waals surface area (Å²) in [6, 6.07) is 31.1. The Hall–Kier alpha value is -4.59. The molecule has 3 N–H and O–H groups in total. The second kappa shape index (κ2) is 17.5. The van der Waals surface area contributed by atoms with Crippen LogP contribution in [-0.2, 0) is 32.2 Å². The van der Waals surface area contributed by atoms with Gasteiger partial charge in [-0.3, -0.25) is 14.5 Å². The minimum absolute atomic E-state index is 0.0634. The smallest absolute Gasteiger partial charge is 0.392 e. The van der Waals surface area contributed by atoms with Crippen molar-refractivity contribution in [2.75, 3.05) is 20.1 Å². The Kier molecular flexibility index (Phi) is 12.7. The lowest BCUT2D eigenvalue weighted by molar-refractivity contribution is -0.276. The van der Waals surface area contributed by atoms with Gasteiger partial charge in [-0.25, -0.2) is 0 Å². The van der Waals surface area contributed by atoms with Crippen LogP contribution in [0.2, 0.25) is 0 Å². The molecule has 292 valence electrons. The normalized spacial score (nSPS) is 22.7. The molecule has 0 unspecified atom stereocenters. The lowest BCUT2D eigenvalue weighted by Crippen LogP contribution is -2.50. The molecule has 9 nitrogen and oxygen atoms in total. The van der Waals surface area contributed by atoms with Gasteiger partial charge in [0.1, 0.15) is 6.04 Å². The van der Waals surface area contributed by atoms with Gasteiger partial charge in [0, 0.05) is 37.2 Å². The van der Waals surface area contributed by atoms with E-state index in [1.807, 2.05) is 117 Å². The van der Waals surface area contributed by atoms with Crippen LogP contribution in [0.15, 0.2) is 103 Å². The van der Waals surface area contributed by atoms with E-state index < -0.39 is 36.4 Å². The van der Waals surface area contributed by atoms with Crippen molar-refractivity contribution in [1.82, 2.24) is 15.1 Å². The van der Waals surface area contributed by atoms with Crippen LogP contribution in [0.1, 0.15) is 73.0 Å². The number of ether oxygens (including phenoxy) is 2. The van der Waals surface area contributed by atoms with Crippen LogP contribution in [0.3, 0.4) is 0 Å². The Bertz CT molecular complexity index is 1890. The molecule has 0 aliphatic carbocycles. The Morgan fingerprint density at radius 2 is 1.58 bits per heavy atom. The number of nitrogens with one attached hydrogen (secondary N) is 1. The molecule has 0 spiro atoms. The number of hydrogen-bond donors (Lipinski definition) is 3. The zero-order valence-electron chi connectivity index (χ0n) is 31.2. The first kappa shape index (κ1) is 40.1. The average Bonchev–Trinajstić information content (AvgIpc) is 3.70. The summed E-state index contributed by atoms with van der Waals surface area (Å²) in [6.45, 7) is 4.50. The van der Waals surface area contributed by atoms with Crippen molar-refractivity contribution in [2.24, 2.45) is 5.92 Å². The number of aliphatic hydroxyl groups excluding tert-OH is 2. The first-order valence-electron chi connectivity index (χ1n) is 18.6. The Labute approximate surface area is 319 Å². The van der Waals surface area contributed by atoms with Gasteiger partial charge in [-0.05, 0) is 60.2 Å². The highest BCUT2D eigenvalue weighted by atomic mass is 19.4. The summed E-state index contributed by atoms with van der Waals surface area (Å²) in [5.41, 5.74) is 5.82. The number of nitrogens with zero attached hydrogens (tertiary/aromatic N) is 2. The number of carbonyl (C=O) groups excluding carboxylic acids is 2. The predicted molar refractivity (Wildman–Crippen MR) is 201 cm³/mol. The van der Waals surface area contributed by atoms with E-state index in [1.165, 1.54) is 0 Å². The predicted octanol–water partition coefficient (Wildman–Crippen LogP) is 6.86. The zero-order chi connectivity index (χ0) is 39.3. The Morgan fingerprint density at radius 1 is 0.927 bits per heavy atom. The maximum atomic E-state index is 13.1. The number of hydrogen-bond acceptors (Lipinski definition) is 7. The number of likely N-dealkylation sites (N-methyl/N-ethyl adjacent to an activating group) is 1. The first-order chi connectivity index (χ1) is 26.3. The van der Waals surface area contributed by atoms with Crippen molar-refractivity contribution in [3.05, 3.63) is 131 Å². The third-order valence-corrected chi connectivity index (χ3v) is 10.9. The summed E-state index contributed by atoms with van der Waals surface area (Å²) >= 11 is 0. The highest BCUT2D eigenvalue weighted by molar-refractivity contribution is 5.90. The van der Waals surface area contributed by atoms with E-state index in [9.17, 15) is 33.0 Å². The quantitative estimate of drug-likeness (QED) is 0.145. The van der Waals surface area contributed by atoms with Crippen LogP contribution in [-0.4, -0.2) is 76.3 Å².